The number of carbonyl (C=O) groups excluding carboxylic acids is 3. The maximum atomic E-state index is 12.8. The molecule has 0 unspecified atom stereocenters. The van der Waals surface area contributed by atoms with Gasteiger partial charge < -0.3 is 5.32 Å². The van der Waals surface area contributed by atoms with Crippen molar-refractivity contribution in [2.45, 2.75) is 6.92 Å². The Bertz CT molecular complexity index is 1040. The number of carbonyl (C=O) groups is 3. The molecule has 0 aliphatic carbocycles. The van der Waals surface area contributed by atoms with Crippen LogP contribution in [0.15, 0.2) is 60.7 Å². The van der Waals surface area contributed by atoms with E-state index in [1.165, 1.54) is 4.90 Å². The lowest BCUT2D eigenvalue weighted by Gasteiger charge is -2.27. The number of amides is 3. The summed E-state index contributed by atoms with van der Waals surface area (Å²) in [6, 6.07) is 18.1. The van der Waals surface area contributed by atoms with Crippen LogP contribution in [0.25, 0.3) is 10.8 Å². The zero-order valence-corrected chi connectivity index (χ0v) is 14.9. The summed E-state index contributed by atoms with van der Waals surface area (Å²) in [7, 11) is 0. The molecule has 0 fully saturated rings. The molecule has 5 nitrogen and oxygen atoms in total. The standard InChI is InChI=1S/C22H18N2O3/c1-14-5-2-8-16(13-14)20(25)23-11-12-24-21(26)17-9-3-6-15-7-4-10-18(19(15)17)22(24)27/h2-10,13H,11-12H2,1H3,(H,23,25). The van der Waals surface area contributed by atoms with Crippen molar-refractivity contribution in [3.63, 3.8) is 0 Å². The fourth-order valence-electron chi connectivity index (χ4n) is 3.45. The van der Waals surface area contributed by atoms with Crippen LogP contribution in [0.3, 0.4) is 0 Å². The maximum absolute atomic E-state index is 12.8. The van der Waals surface area contributed by atoms with Gasteiger partial charge in [0.1, 0.15) is 0 Å². The van der Waals surface area contributed by atoms with Gasteiger partial charge in [-0.2, -0.15) is 0 Å². The SMILES string of the molecule is Cc1cccc(C(=O)NCCN2C(=O)c3cccc4cccc(c34)C2=O)c1. The van der Waals surface area contributed by atoms with Crippen LogP contribution in [-0.4, -0.2) is 35.7 Å². The minimum absolute atomic E-state index is 0.125. The Kier molecular flexibility index (Phi) is 4.20. The summed E-state index contributed by atoms with van der Waals surface area (Å²) in [6.07, 6.45) is 0. The second-order valence-corrected chi connectivity index (χ2v) is 6.60. The third-order valence-electron chi connectivity index (χ3n) is 4.76. The highest BCUT2D eigenvalue weighted by atomic mass is 16.2. The van der Waals surface area contributed by atoms with Crippen molar-refractivity contribution >= 4 is 28.5 Å². The first-order chi connectivity index (χ1) is 13.1. The molecular formula is C22H18N2O3. The van der Waals surface area contributed by atoms with Crippen LogP contribution >= 0.6 is 0 Å². The number of nitrogens with one attached hydrogen (secondary N) is 1. The summed E-state index contributed by atoms with van der Waals surface area (Å²) < 4.78 is 0. The molecule has 0 atom stereocenters. The van der Waals surface area contributed by atoms with E-state index >= 15 is 0 Å². The predicted molar refractivity (Wildman–Crippen MR) is 103 cm³/mol. The third-order valence-corrected chi connectivity index (χ3v) is 4.76. The van der Waals surface area contributed by atoms with E-state index in [0.29, 0.717) is 22.1 Å². The molecule has 5 heteroatoms. The second kappa shape index (κ2) is 6.68. The molecule has 0 saturated carbocycles. The Morgan fingerprint density at radius 1 is 0.926 bits per heavy atom. The minimum atomic E-state index is -0.325. The number of rotatable bonds is 4. The lowest BCUT2D eigenvalue weighted by atomic mass is 9.94. The molecule has 3 amide bonds. The van der Waals surface area contributed by atoms with Crippen LogP contribution in [0.2, 0.25) is 0 Å². The summed E-state index contributed by atoms with van der Waals surface area (Å²) >= 11 is 0. The molecule has 0 radical (unpaired) electrons. The van der Waals surface area contributed by atoms with Gasteiger partial charge >= 0.3 is 0 Å². The highest BCUT2D eigenvalue weighted by Crippen LogP contribution is 2.29. The number of aryl methyl sites for hydroxylation is 1. The average molecular weight is 358 g/mol. The van der Waals surface area contributed by atoms with E-state index in [1.807, 2.05) is 43.3 Å². The Labute approximate surface area is 156 Å². The molecule has 1 aliphatic heterocycles. The topological polar surface area (TPSA) is 66.5 Å². The maximum Gasteiger partial charge on any atom is 0.261 e. The quantitative estimate of drug-likeness (QED) is 0.729. The zero-order valence-electron chi connectivity index (χ0n) is 14.9. The van der Waals surface area contributed by atoms with Crippen molar-refractivity contribution in [1.82, 2.24) is 10.2 Å². The molecule has 0 spiro atoms. The van der Waals surface area contributed by atoms with Crippen LogP contribution in [0.4, 0.5) is 0 Å². The highest BCUT2D eigenvalue weighted by Gasteiger charge is 2.32. The van der Waals surface area contributed by atoms with Gasteiger partial charge in [-0.25, -0.2) is 0 Å². The number of nitrogens with zero attached hydrogens (tertiary/aromatic N) is 1. The van der Waals surface area contributed by atoms with Gasteiger partial charge in [0.25, 0.3) is 17.7 Å². The van der Waals surface area contributed by atoms with Crippen LogP contribution in [0.5, 0.6) is 0 Å². The minimum Gasteiger partial charge on any atom is -0.350 e. The first-order valence-corrected chi connectivity index (χ1v) is 8.79. The van der Waals surface area contributed by atoms with Crippen molar-refractivity contribution in [1.29, 1.82) is 0 Å². The molecule has 4 rings (SSSR count). The normalized spacial score (nSPS) is 13.1. The summed E-state index contributed by atoms with van der Waals surface area (Å²) in [6.45, 7) is 2.24. The van der Waals surface area contributed by atoms with E-state index in [9.17, 15) is 14.4 Å². The van der Waals surface area contributed by atoms with E-state index in [1.54, 1.807) is 24.3 Å². The molecule has 0 aromatic heterocycles. The average Bonchev–Trinajstić information content (AvgIpc) is 2.68. The Morgan fingerprint density at radius 3 is 2.19 bits per heavy atom. The number of hydrogen-bond acceptors (Lipinski definition) is 3. The highest BCUT2D eigenvalue weighted by molar-refractivity contribution is 6.25. The van der Waals surface area contributed by atoms with Crippen molar-refractivity contribution in [2.24, 2.45) is 0 Å². The van der Waals surface area contributed by atoms with Crippen LogP contribution in [0, 0.1) is 6.92 Å². The molecule has 1 N–H and O–H groups in total. The fraction of sp³-hybridized carbons (Fsp3) is 0.136. The molecular weight excluding hydrogens is 340 g/mol. The molecule has 3 aromatic carbocycles. The summed E-state index contributed by atoms with van der Waals surface area (Å²) in [5.74, 6) is -0.874. The van der Waals surface area contributed by atoms with Crippen molar-refractivity contribution in [3.05, 3.63) is 82.9 Å². The van der Waals surface area contributed by atoms with Gasteiger partial charge in [0.05, 0.1) is 0 Å². The first kappa shape index (κ1) is 17.0. The monoisotopic (exact) mass is 358 g/mol. The summed E-state index contributed by atoms with van der Waals surface area (Å²) in [4.78, 5) is 39.0. The molecule has 1 aliphatic rings. The second-order valence-electron chi connectivity index (χ2n) is 6.60. The van der Waals surface area contributed by atoms with Gasteiger partial charge in [-0.3, -0.25) is 19.3 Å². The van der Waals surface area contributed by atoms with Gasteiger partial charge in [-0.15, -0.1) is 0 Å². The van der Waals surface area contributed by atoms with Crippen molar-refractivity contribution in [2.75, 3.05) is 13.1 Å². The number of imide groups is 1. The zero-order chi connectivity index (χ0) is 19.0. The summed E-state index contributed by atoms with van der Waals surface area (Å²) in [5.41, 5.74) is 2.59. The number of benzene rings is 3. The van der Waals surface area contributed by atoms with E-state index in [0.717, 1.165) is 10.9 Å². The molecule has 0 saturated heterocycles. The van der Waals surface area contributed by atoms with Crippen LogP contribution in [0.1, 0.15) is 36.6 Å². The molecule has 3 aromatic rings. The first-order valence-electron chi connectivity index (χ1n) is 8.79. The van der Waals surface area contributed by atoms with Crippen LogP contribution < -0.4 is 5.32 Å². The Balaban J connectivity index is 1.51. The number of hydrogen-bond donors (Lipinski definition) is 1. The lowest BCUT2D eigenvalue weighted by Crippen LogP contribution is -2.44. The largest absolute Gasteiger partial charge is 0.350 e. The van der Waals surface area contributed by atoms with Crippen molar-refractivity contribution in [3.8, 4) is 0 Å². The van der Waals surface area contributed by atoms with Gasteiger partial charge in [-0.1, -0.05) is 42.0 Å². The Hall–Kier alpha value is -3.47. The molecule has 0 bridgehead atoms. The smallest absolute Gasteiger partial charge is 0.261 e. The Morgan fingerprint density at radius 2 is 1.56 bits per heavy atom. The van der Waals surface area contributed by atoms with E-state index < -0.39 is 0 Å². The lowest BCUT2D eigenvalue weighted by molar-refractivity contribution is 0.0607. The van der Waals surface area contributed by atoms with E-state index in [2.05, 4.69) is 5.32 Å². The summed E-state index contributed by atoms with van der Waals surface area (Å²) in [5, 5.41) is 4.36. The molecule has 134 valence electrons. The van der Waals surface area contributed by atoms with Gasteiger partial charge in [0, 0.05) is 35.2 Å². The molecule has 1 heterocycles. The van der Waals surface area contributed by atoms with E-state index in [-0.39, 0.29) is 30.8 Å². The van der Waals surface area contributed by atoms with E-state index in [4.69, 9.17) is 0 Å². The van der Waals surface area contributed by atoms with Crippen molar-refractivity contribution < 1.29 is 14.4 Å². The predicted octanol–water partition coefficient (Wildman–Crippen LogP) is 3.17. The van der Waals surface area contributed by atoms with Gasteiger partial charge in [0.2, 0.25) is 0 Å². The van der Waals surface area contributed by atoms with Gasteiger partial charge in [0.15, 0.2) is 0 Å². The van der Waals surface area contributed by atoms with Crippen LogP contribution in [-0.2, 0) is 0 Å². The third kappa shape index (κ3) is 2.97. The molecule has 27 heavy (non-hydrogen) atoms. The van der Waals surface area contributed by atoms with Gasteiger partial charge in [-0.05, 0) is 36.6 Å². The fourth-order valence-corrected chi connectivity index (χ4v) is 3.45.